The molecule has 3 nitrogen and oxygen atoms in total. The zero-order chi connectivity index (χ0) is 12.5. The Morgan fingerprint density at radius 2 is 2.28 bits per heavy atom. The van der Waals surface area contributed by atoms with Crippen LogP contribution in [0, 0.1) is 5.92 Å². The number of hydrogen-bond donors (Lipinski definition) is 1. The van der Waals surface area contributed by atoms with Crippen molar-refractivity contribution < 1.29 is 4.79 Å². The van der Waals surface area contributed by atoms with E-state index in [1.807, 2.05) is 30.1 Å². The highest BCUT2D eigenvalue weighted by Gasteiger charge is 2.23. The summed E-state index contributed by atoms with van der Waals surface area (Å²) in [4.78, 5) is 14.1. The topological polar surface area (TPSA) is 32.3 Å². The summed E-state index contributed by atoms with van der Waals surface area (Å²) >= 11 is 0. The Labute approximate surface area is 108 Å². The van der Waals surface area contributed by atoms with Crippen LogP contribution in [-0.2, 0) is 6.42 Å². The summed E-state index contributed by atoms with van der Waals surface area (Å²) < 4.78 is 0. The first-order chi connectivity index (χ1) is 8.74. The molecule has 96 valence electrons. The van der Waals surface area contributed by atoms with Gasteiger partial charge in [0.1, 0.15) is 0 Å². The fraction of sp³-hybridized carbons (Fsp3) is 0.533. The summed E-state index contributed by atoms with van der Waals surface area (Å²) in [7, 11) is 1.91. The summed E-state index contributed by atoms with van der Waals surface area (Å²) in [6.07, 6.45) is 4.90. The average Bonchev–Trinajstić information content (AvgIpc) is 3.10. The van der Waals surface area contributed by atoms with E-state index in [0.29, 0.717) is 0 Å². The van der Waals surface area contributed by atoms with Crippen LogP contribution in [0.2, 0.25) is 0 Å². The third kappa shape index (κ3) is 2.35. The number of amides is 1. The first-order valence-electron chi connectivity index (χ1n) is 6.86. The molecule has 0 spiro atoms. The van der Waals surface area contributed by atoms with Crippen molar-refractivity contribution in [2.24, 2.45) is 5.92 Å². The molecule has 2 aliphatic rings. The van der Waals surface area contributed by atoms with Crippen LogP contribution in [0.4, 0.5) is 5.69 Å². The molecule has 0 bridgehead atoms. The maximum absolute atomic E-state index is 12.3. The van der Waals surface area contributed by atoms with Crippen molar-refractivity contribution in [2.45, 2.75) is 25.7 Å². The highest BCUT2D eigenvalue weighted by Crippen LogP contribution is 2.32. The Kier molecular flexibility index (Phi) is 2.98. The molecule has 0 radical (unpaired) electrons. The van der Waals surface area contributed by atoms with Crippen LogP contribution in [0.3, 0.4) is 0 Å². The lowest BCUT2D eigenvalue weighted by atomic mass is 10.1. The number of nitrogens with one attached hydrogen (secondary N) is 1. The zero-order valence-corrected chi connectivity index (χ0v) is 10.9. The second kappa shape index (κ2) is 4.63. The largest absolute Gasteiger partial charge is 0.384 e. The van der Waals surface area contributed by atoms with Gasteiger partial charge in [0.2, 0.25) is 0 Å². The molecule has 1 aromatic carbocycles. The Hall–Kier alpha value is -1.51. The SMILES string of the molecule is CN(CCC1CC1)C(=O)c1ccc2c(c1)CCN2. The number of hydrogen-bond acceptors (Lipinski definition) is 2. The van der Waals surface area contributed by atoms with Crippen molar-refractivity contribution in [3.63, 3.8) is 0 Å². The molecule has 1 N–H and O–H groups in total. The lowest BCUT2D eigenvalue weighted by Crippen LogP contribution is -2.28. The molecule has 3 rings (SSSR count). The molecule has 1 aliphatic carbocycles. The second-order valence-electron chi connectivity index (χ2n) is 5.51. The number of benzene rings is 1. The summed E-state index contributed by atoms with van der Waals surface area (Å²) in [6.45, 7) is 1.88. The van der Waals surface area contributed by atoms with Gasteiger partial charge >= 0.3 is 0 Å². The summed E-state index contributed by atoms with van der Waals surface area (Å²) in [5.74, 6) is 1.04. The van der Waals surface area contributed by atoms with Crippen molar-refractivity contribution in [1.29, 1.82) is 0 Å². The van der Waals surface area contributed by atoms with Gasteiger partial charge in [0, 0.05) is 31.4 Å². The molecule has 3 heteroatoms. The van der Waals surface area contributed by atoms with Gasteiger partial charge in [-0.3, -0.25) is 4.79 Å². The first-order valence-corrected chi connectivity index (χ1v) is 6.86. The highest BCUT2D eigenvalue weighted by molar-refractivity contribution is 5.94. The molecule has 1 aromatic rings. The summed E-state index contributed by atoms with van der Waals surface area (Å²) in [6, 6.07) is 6.02. The predicted molar refractivity (Wildman–Crippen MR) is 72.9 cm³/mol. The van der Waals surface area contributed by atoms with Crippen LogP contribution in [0.5, 0.6) is 0 Å². The molecule has 1 saturated carbocycles. The van der Waals surface area contributed by atoms with Gasteiger partial charge in [-0.15, -0.1) is 0 Å². The molecule has 1 fully saturated rings. The molecule has 0 atom stereocenters. The normalized spacial score (nSPS) is 17.2. The first kappa shape index (κ1) is 11.6. The fourth-order valence-corrected chi connectivity index (χ4v) is 2.54. The van der Waals surface area contributed by atoms with Crippen molar-refractivity contribution in [1.82, 2.24) is 4.90 Å². The highest BCUT2D eigenvalue weighted by atomic mass is 16.2. The van der Waals surface area contributed by atoms with Crippen LogP contribution in [-0.4, -0.2) is 30.9 Å². The summed E-state index contributed by atoms with van der Waals surface area (Å²) in [5, 5.41) is 3.32. The Morgan fingerprint density at radius 1 is 1.44 bits per heavy atom. The number of anilines is 1. The van der Waals surface area contributed by atoms with E-state index >= 15 is 0 Å². The van der Waals surface area contributed by atoms with Crippen LogP contribution in [0.25, 0.3) is 0 Å². The minimum Gasteiger partial charge on any atom is -0.384 e. The minimum absolute atomic E-state index is 0.158. The van der Waals surface area contributed by atoms with E-state index in [1.54, 1.807) is 0 Å². The van der Waals surface area contributed by atoms with Crippen LogP contribution >= 0.6 is 0 Å². The van der Waals surface area contributed by atoms with E-state index in [-0.39, 0.29) is 5.91 Å². The monoisotopic (exact) mass is 244 g/mol. The van der Waals surface area contributed by atoms with Gasteiger partial charge in [-0.05, 0) is 42.5 Å². The second-order valence-corrected chi connectivity index (χ2v) is 5.51. The van der Waals surface area contributed by atoms with Crippen LogP contribution < -0.4 is 5.32 Å². The van der Waals surface area contributed by atoms with Gasteiger partial charge in [0.05, 0.1) is 0 Å². The Morgan fingerprint density at radius 3 is 3.06 bits per heavy atom. The van der Waals surface area contributed by atoms with E-state index in [9.17, 15) is 4.79 Å². The molecule has 0 unspecified atom stereocenters. The molecule has 1 aliphatic heterocycles. The molecule has 18 heavy (non-hydrogen) atoms. The smallest absolute Gasteiger partial charge is 0.253 e. The molecule has 0 saturated heterocycles. The number of carbonyl (C=O) groups is 1. The molecular weight excluding hydrogens is 224 g/mol. The maximum atomic E-state index is 12.3. The Balaban J connectivity index is 1.66. The van der Waals surface area contributed by atoms with Gasteiger partial charge in [0.25, 0.3) is 5.91 Å². The average molecular weight is 244 g/mol. The van der Waals surface area contributed by atoms with E-state index in [4.69, 9.17) is 0 Å². The Bertz CT molecular complexity index is 466. The van der Waals surface area contributed by atoms with Crippen molar-refractivity contribution in [2.75, 3.05) is 25.5 Å². The van der Waals surface area contributed by atoms with Crippen LogP contribution in [0.15, 0.2) is 18.2 Å². The van der Waals surface area contributed by atoms with Gasteiger partial charge in [-0.1, -0.05) is 12.8 Å². The third-order valence-electron chi connectivity index (χ3n) is 3.98. The summed E-state index contributed by atoms with van der Waals surface area (Å²) in [5.41, 5.74) is 3.29. The van der Waals surface area contributed by atoms with Gasteiger partial charge < -0.3 is 10.2 Å². The van der Waals surface area contributed by atoms with E-state index in [0.717, 1.165) is 37.4 Å². The zero-order valence-electron chi connectivity index (χ0n) is 10.9. The van der Waals surface area contributed by atoms with E-state index < -0.39 is 0 Å². The van der Waals surface area contributed by atoms with Crippen molar-refractivity contribution in [3.8, 4) is 0 Å². The molecule has 1 heterocycles. The number of nitrogens with zero attached hydrogens (tertiary/aromatic N) is 1. The molecular formula is C15H20N2O. The lowest BCUT2D eigenvalue weighted by Gasteiger charge is -2.17. The van der Waals surface area contributed by atoms with Crippen molar-refractivity contribution in [3.05, 3.63) is 29.3 Å². The number of rotatable bonds is 4. The van der Waals surface area contributed by atoms with Gasteiger partial charge in [-0.25, -0.2) is 0 Å². The standard InChI is InChI=1S/C15H20N2O/c1-17(9-7-11-2-3-11)15(18)13-4-5-14-12(10-13)6-8-16-14/h4-5,10-11,16H,2-3,6-9H2,1H3. The maximum Gasteiger partial charge on any atom is 0.253 e. The van der Waals surface area contributed by atoms with Crippen LogP contribution in [0.1, 0.15) is 35.2 Å². The van der Waals surface area contributed by atoms with Gasteiger partial charge in [-0.2, -0.15) is 0 Å². The fourth-order valence-electron chi connectivity index (χ4n) is 2.54. The number of fused-ring (bicyclic) bond motifs is 1. The predicted octanol–water partition coefficient (Wildman–Crippen LogP) is 2.53. The van der Waals surface area contributed by atoms with Gasteiger partial charge in [0.15, 0.2) is 0 Å². The minimum atomic E-state index is 0.158. The molecule has 1 amide bonds. The quantitative estimate of drug-likeness (QED) is 0.882. The van der Waals surface area contributed by atoms with E-state index in [1.165, 1.54) is 24.1 Å². The number of carbonyl (C=O) groups excluding carboxylic acids is 1. The molecule has 0 aromatic heterocycles. The lowest BCUT2D eigenvalue weighted by molar-refractivity contribution is 0.0791. The van der Waals surface area contributed by atoms with Crippen molar-refractivity contribution >= 4 is 11.6 Å². The third-order valence-corrected chi connectivity index (χ3v) is 3.98. The van der Waals surface area contributed by atoms with E-state index in [2.05, 4.69) is 5.32 Å².